The maximum absolute atomic E-state index is 13.3. The highest BCUT2D eigenvalue weighted by molar-refractivity contribution is 7.92. The molecule has 3 heterocycles. The van der Waals surface area contributed by atoms with Crippen molar-refractivity contribution in [3.05, 3.63) is 46.9 Å². The number of anilines is 2. The number of carbonyl (C=O) groups is 1. The van der Waals surface area contributed by atoms with Gasteiger partial charge in [0.1, 0.15) is 10.7 Å². The van der Waals surface area contributed by atoms with E-state index in [1.807, 2.05) is 6.92 Å². The SMILES string of the molecule is CCOC1CCN(c2c(NS(=O)(=O)c3ccc4cc(C(=O)NO)oc4c3)cc(Cl)nc2C)CC1. The molecule has 1 saturated heterocycles. The molecule has 0 radical (unpaired) electrons. The molecule has 0 saturated carbocycles. The van der Waals surface area contributed by atoms with Gasteiger partial charge in [0, 0.05) is 37.2 Å². The van der Waals surface area contributed by atoms with Crippen LogP contribution in [0.4, 0.5) is 11.4 Å². The fraction of sp³-hybridized carbons (Fsp3) is 0.364. The van der Waals surface area contributed by atoms with Crippen LogP contribution < -0.4 is 15.1 Å². The number of carbonyl (C=O) groups excluding carboxylic acids is 1. The van der Waals surface area contributed by atoms with Crippen molar-refractivity contribution in [1.82, 2.24) is 10.5 Å². The number of nitrogens with one attached hydrogen (secondary N) is 2. The lowest BCUT2D eigenvalue weighted by Crippen LogP contribution is -2.38. The number of nitrogens with zero attached hydrogens (tertiary/aromatic N) is 2. The van der Waals surface area contributed by atoms with Crippen molar-refractivity contribution in [2.24, 2.45) is 0 Å². The molecule has 0 bridgehead atoms. The zero-order chi connectivity index (χ0) is 24.5. The molecule has 34 heavy (non-hydrogen) atoms. The Morgan fingerprint density at radius 3 is 2.71 bits per heavy atom. The summed E-state index contributed by atoms with van der Waals surface area (Å²) in [5, 5.41) is 9.47. The van der Waals surface area contributed by atoms with Gasteiger partial charge in [-0.05, 0) is 44.9 Å². The number of hydroxylamine groups is 1. The summed E-state index contributed by atoms with van der Waals surface area (Å²) in [6.07, 6.45) is 1.82. The lowest BCUT2D eigenvalue weighted by Gasteiger charge is -2.35. The number of furan rings is 1. The van der Waals surface area contributed by atoms with Crippen LogP contribution in [0.3, 0.4) is 0 Å². The molecule has 2 aromatic heterocycles. The van der Waals surface area contributed by atoms with Crippen molar-refractivity contribution in [3.63, 3.8) is 0 Å². The normalized spacial score (nSPS) is 15.0. The van der Waals surface area contributed by atoms with Crippen LogP contribution in [-0.4, -0.2) is 50.3 Å². The Labute approximate surface area is 201 Å². The molecule has 1 aliphatic heterocycles. The monoisotopic (exact) mass is 508 g/mol. The van der Waals surface area contributed by atoms with Gasteiger partial charge in [0.2, 0.25) is 0 Å². The summed E-state index contributed by atoms with van der Waals surface area (Å²) in [7, 11) is -4.03. The Morgan fingerprint density at radius 1 is 1.29 bits per heavy atom. The van der Waals surface area contributed by atoms with Gasteiger partial charge in [-0.15, -0.1) is 0 Å². The van der Waals surface area contributed by atoms with Gasteiger partial charge >= 0.3 is 5.91 Å². The van der Waals surface area contributed by atoms with Gasteiger partial charge in [-0.3, -0.25) is 14.7 Å². The van der Waals surface area contributed by atoms with Crippen molar-refractivity contribution in [2.45, 2.75) is 37.7 Å². The van der Waals surface area contributed by atoms with Crippen molar-refractivity contribution >= 4 is 49.9 Å². The van der Waals surface area contributed by atoms with Gasteiger partial charge in [-0.2, -0.15) is 0 Å². The lowest BCUT2D eigenvalue weighted by atomic mass is 10.1. The number of piperidine rings is 1. The predicted octanol–water partition coefficient (Wildman–Crippen LogP) is 3.71. The zero-order valence-corrected chi connectivity index (χ0v) is 20.2. The van der Waals surface area contributed by atoms with Crippen LogP contribution in [-0.2, 0) is 14.8 Å². The Morgan fingerprint density at radius 2 is 2.03 bits per heavy atom. The number of benzene rings is 1. The number of pyridine rings is 1. The summed E-state index contributed by atoms with van der Waals surface area (Å²) in [5.74, 6) is -0.979. The lowest BCUT2D eigenvalue weighted by molar-refractivity contribution is 0.0459. The second-order valence-corrected chi connectivity index (χ2v) is 9.99. The van der Waals surface area contributed by atoms with E-state index in [0.29, 0.717) is 42.2 Å². The number of amides is 1. The average molecular weight is 509 g/mol. The Bertz CT molecular complexity index is 1320. The molecule has 1 fully saturated rings. The molecule has 0 unspecified atom stereocenters. The molecule has 0 atom stereocenters. The average Bonchev–Trinajstić information content (AvgIpc) is 3.22. The van der Waals surface area contributed by atoms with E-state index in [1.54, 1.807) is 6.92 Å². The van der Waals surface area contributed by atoms with Gasteiger partial charge in [-0.1, -0.05) is 11.6 Å². The quantitative estimate of drug-likeness (QED) is 0.250. The van der Waals surface area contributed by atoms with Crippen LogP contribution in [0.25, 0.3) is 11.0 Å². The zero-order valence-electron chi connectivity index (χ0n) is 18.7. The van der Waals surface area contributed by atoms with E-state index in [4.69, 9.17) is 26.0 Å². The minimum atomic E-state index is -4.03. The molecular weight excluding hydrogens is 484 g/mol. The number of aromatic nitrogens is 1. The third-order valence-electron chi connectivity index (χ3n) is 5.67. The molecule has 1 aromatic carbocycles. The highest BCUT2D eigenvalue weighted by Gasteiger charge is 2.26. The molecule has 1 aliphatic rings. The van der Waals surface area contributed by atoms with Crippen LogP contribution >= 0.6 is 11.6 Å². The number of sulfonamides is 1. The minimum absolute atomic E-state index is 0.0584. The van der Waals surface area contributed by atoms with E-state index in [-0.39, 0.29) is 27.5 Å². The van der Waals surface area contributed by atoms with E-state index in [0.717, 1.165) is 12.8 Å². The first-order valence-corrected chi connectivity index (χ1v) is 12.6. The van der Waals surface area contributed by atoms with E-state index in [2.05, 4.69) is 14.6 Å². The topological polar surface area (TPSA) is 134 Å². The second-order valence-electron chi connectivity index (χ2n) is 7.93. The number of halogens is 1. The smallest absolute Gasteiger partial charge is 0.310 e. The number of hydrogen-bond donors (Lipinski definition) is 3. The molecule has 0 aliphatic carbocycles. The van der Waals surface area contributed by atoms with Crippen molar-refractivity contribution in [2.75, 3.05) is 29.3 Å². The summed E-state index contributed by atoms with van der Waals surface area (Å²) in [5.41, 5.74) is 3.28. The summed E-state index contributed by atoms with van der Waals surface area (Å²) >= 11 is 6.17. The van der Waals surface area contributed by atoms with Crippen LogP contribution in [0.1, 0.15) is 36.0 Å². The van der Waals surface area contributed by atoms with Gasteiger partial charge in [0.25, 0.3) is 10.0 Å². The van der Waals surface area contributed by atoms with E-state index in [9.17, 15) is 13.2 Å². The van der Waals surface area contributed by atoms with Crippen molar-refractivity contribution in [1.29, 1.82) is 0 Å². The fourth-order valence-electron chi connectivity index (χ4n) is 4.14. The summed E-state index contributed by atoms with van der Waals surface area (Å²) in [6.45, 7) is 5.80. The molecule has 10 nitrogen and oxygen atoms in total. The van der Waals surface area contributed by atoms with Crippen molar-refractivity contribution < 1.29 is 27.6 Å². The van der Waals surface area contributed by atoms with Crippen molar-refractivity contribution in [3.8, 4) is 0 Å². The van der Waals surface area contributed by atoms with Crippen LogP contribution in [0, 0.1) is 6.92 Å². The van der Waals surface area contributed by atoms with Crippen LogP contribution in [0.2, 0.25) is 5.15 Å². The molecule has 0 spiro atoms. The number of aryl methyl sites for hydroxylation is 1. The molecule has 4 rings (SSSR count). The van der Waals surface area contributed by atoms with Gasteiger partial charge < -0.3 is 14.1 Å². The summed E-state index contributed by atoms with van der Waals surface area (Å²) in [4.78, 5) is 17.9. The third-order valence-corrected chi connectivity index (χ3v) is 7.22. The van der Waals surface area contributed by atoms with Crippen LogP contribution in [0.15, 0.2) is 39.6 Å². The number of ether oxygens (including phenoxy) is 1. The predicted molar refractivity (Wildman–Crippen MR) is 127 cm³/mol. The maximum Gasteiger partial charge on any atom is 0.310 e. The summed E-state index contributed by atoms with van der Waals surface area (Å²) < 4.78 is 40.3. The van der Waals surface area contributed by atoms with Gasteiger partial charge in [0.05, 0.1) is 28.1 Å². The second kappa shape index (κ2) is 9.79. The number of hydrogen-bond acceptors (Lipinski definition) is 8. The Balaban J connectivity index is 1.64. The molecule has 3 N–H and O–H groups in total. The van der Waals surface area contributed by atoms with E-state index in [1.165, 1.54) is 35.8 Å². The van der Waals surface area contributed by atoms with E-state index >= 15 is 0 Å². The number of rotatable bonds is 7. The standard InChI is InChI=1S/C22H25ClN4O6S/c1-3-32-15-6-8-27(9-7-15)21-13(2)24-20(23)12-17(21)26-34(30,31)16-5-4-14-10-19(22(28)25-29)33-18(14)11-16/h4-5,10-12,15,29H,3,6-9H2,1-2H3,(H,24,26)(H,25,28). The number of fused-ring (bicyclic) bond motifs is 1. The fourth-order valence-corrected chi connectivity index (χ4v) is 5.44. The molecule has 3 aromatic rings. The molecule has 1 amide bonds. The van der Waals surface area contributed by atoms with Crippen LogP contribution in [0.5, 0.6) is 0 Å². The minimum Gasteiger partial charge on any atom is -0.451 e. The van der Waals surface area contributed by atoms with Gasteiger partial charge in [-0.25, -0.2) is 18.9 Å². The highest BCUT2D eigenvalue weighted by Crippen LogP contribution is 2.35. The first-order chi connectivity index (χ1) is 16.2. The molecular formula is C22H25ClN4O6S. The first-order valence-electron chi connectivity index (χ1n) is 10.8. The Hall–Kier alpha value is -2.86. The molecule has 12 heteroatoms. The Kier molecular flexibility index (Phi) is 6.99. The highest BCUT2D eigenvalue weighted by atomic mass is 35.5. The third kappa shape index (κ3) is 4.97. The molecule has 182 valence electrons. The maximum atomic E-state index is 13.3. The van der Waals surface area contributed by atoms with E-state index < -0.39 is 15.9 Å². The summed E-state index contributed by atoms with van der Waals surface area (Å²) in [6, 6.07) is 7.13. The van der Waals surface area contributed by atoms with Gasteiger partial charge in [0.15, 0.2) is 5.76 Å². The first kappa shape index (κ1) is 24.3. The largest absolute Gasteiger partial charge is 0.451 e.